The van der Waals surface area contributed by atoms with Gasteiger partial charge in [-0.1, -0.05) is 31.1 Å². The topological polar surface area (TPSA) is 80.8 Å². The summed E-state index contributed by atoms with van der Waals surface area (Å²) in [4.78, 5) is 11.4. The summed E-state index contributed by atoms with van der Waals surface area (Å²) in [6.45, 7) is 5.71. The van der Waals surface area contributed by atoms with E-state index in [-0.39, 0.29) is 11.7 Å². The highest BCUT2D eigenvalue weighted by atomic mass is 19.1. The second kappa shape index (κ2) is 8.00. The summed E-state index contributed by atoms with van der Waals surface area (Å²) in [6, 6.07) is 6.21. The molecule has 1 saturated heterocycles. The van der Waals surface area contributed by atoms with E-state index in [2.05, 4.69) is 39.1 Å². The van der Waals surface area contributed by atoms with Crippen molar-refractivity contribution in [3.05, 3.63) is 47.4 Å². The largest absolute Gasteiger partial charge is 0.339 e. The van der Waals surface area contributed by atoms with Crippen molar-refractivity contribution in [2.45, 2.75) is 45.4 Å². The maximum absolute atomic E-state index is 13.5. The van der Waals surface area contributed by atoms with Crippen LogP contribution in [0, 0.1) is 5.82 Å². The number of aromatic nitrogens is 5. The molecule has 7 nitrogen and oxygen atoms in total. The van der Waals surface area contributed by atoms with Gasteiger partial charge in [0.1, 0.15) is 5.82 Å². The first-order valence-corrected chi connectivity index (χ1v) is 9.74. The monoisotopic (exact) mass is 382 g/mol. The third kappa shape index (κ3) is 3.72. The summed E-state index contributed by atoms with van der Waals surface area (Å²) >= 11 is 0. The van der Waals surface area contributed by atoms with E-state index in [9.17, 15) is 4.39 Å². The van der Waals surface area contributed by atoms with Gasteiger partial charge in [0.15, 0.2) is 0 Å². The lowest BCUT2D eigenvalue weighted by atomic mass is 9.98. The number of halogens is 1. The third-order valence-electron chi connectivity index (χ3n) is 5.08. The number of rotatable bonds is 5. The van der Waals surface area contributed by atoms with Crippen molar-refractivity contribution in [1.82, 2.24) is 25.3 Å². The van der Waals surface area contributed by atoms with Crippen LogP contribution >= 0.6 is 0 Å². The molecule has 1 aliphatic rings. The maximum atomic E-state index is 13.5. The lowest BCUT2D eigenvalue weighted by molar-refractivity contribution is 0.332. The number of aryl methyl sites for hydroxylation is 2. The molecule has 0 saturated carbocycles. The van der Waals surface area contributed by atoms with Crippen LogP contribution in [0.4, 0.5) is 10.3 Å². The van der Waals surface area contributed by atoms with Crippen molar-refractivity contribution in [2.75, 3.05) is 18.0 Å². The predicted molar refractivity (Wildman–Crippen MR) is 102 cm³/mol. The fraction of sp³-hybridized carbons (Fsp3) is 0.450. The van der Waals surface area contributed by atoms with Crippen LogP contribution < -0.4 is 4.90 Å². The van der Waals surface area contributed by atoms with Crippen molar-refractivity contribution in [3.8, 4) is 11.4 Å². The maximum Gasteiger partial charge on any atom is 0.245 e. The molecule has 3 heterocycles. The fourth-order valence-electron chi connectivity index (χ4n) is 3.57. The number of piperidine rings is 1. The average molecular weight is 382 g/mol. The van der Waals surface area contributed by atoms with Gasteiger partial charge in [0.25, 0.3) is 0 Å². The van der Waals surface area contributed by atoms with E-state index >= 15 is 0 Å². The van der Waals surface area contributed by atoms with Crippen molar-refractivity contribution in [2.24, 2.45) is 0 Å². The van der Waals surface area contributed by atoms with Crippen LogP contribution in [-0.4, -0.2) is 38.4 Å². The third-order valence-corrected chi connectivity index (χ3v) is 5.08. The number of nitrogens with zero attached hydrogens (tertiary/aromatic N) is 6. The fourth-order valence-corrected chi connectivity index (χ4v) is 3.57. The highest BCUT2D eigenvalue weighted by Crippen LogP contribution is 2.29. The van der Waals surface area contributed by atoms with Gasteiger partial charge in [-0.25, -0.2) is 9.37 Å². The van der Waals surface area contributed by atoms with Crippen LogP contribution in [0.2, 0.25) is 0 Å². The van der Waals surface area contributed by atoms with Crippen LogP contribution in [0.15, 0.2) is 28.8 Å². The van der Waals surface area contributed by atoms with Gasteiger partial charge >= 0.3 is 0 Å². The summed E-state index contributed by atoms with van der Waals surface area (Å²) in [7, 11) is 0. The molecule has 146 valence electrons. The number of hydrogen-bond acceptors (Lipinski definition) is 7. The van der Waals surface area contributed by atoms with E-state index in [0.29, 0.717) is 29.8 Å². The van der Waals surface area contributed by atoms with Gasteiger partial charge in [-0.3, -0.25) is 0 Å². The Morgan fingerprint density at radius 3 is 2.79 bits per heavy atom. The van der Waals surface area contributed by atoms with Gasteiger partial charge in [-0.2, -0.15) is 10.1 Å². The Balaban J connectivity index is 1.53. The molecule has 4 rings (SSSR count). The van der Waals surface area contributed by atoms with E-state index < -0.39 is 0 Å². The van der Waals surface area contributed by atoms with Crippen LogP contribution in [0.3, 0.4) is 0 Å². The molecule has 1 atom stereocenters. The normalized spacial score (nSPS) is 17.1. The standard InChI is InChI=1S/C20H23FN6O/c1-3-16-17(4-2)24-25-20(22-16)27-10-6-8-14(12-27)19-23-18(26-28-19)13-7-5-9-15(21)11-13/h5,7,9,11,14H,3-4,6,8,10,12H2,1-2H3. The number of anilines is 1. The molecule has 0 N–H and O–H groups in total. The zero-order chi connectivity index (χ0) is 19.5. The lowest BCUT2D eigenvalue weighted by Crippen LogP contribution is -2.36. The molecule has 0 spiro atoms. The minimum atomic E-state index is -0.320. The highest BCUT2D eigenvalue weighted by Gasteiger charge is 2.28. The molecular formula is C20H23FN6O. The van der Waals surface area contributed by atoms with Gasteiger partial charge in [-0.15, -0.1) is 5.10 Å². The van der Waals surface area contributed by atoms with Gasteiger partial charge in [-0.05, 0) is 37.8 Å². The van der Waals surface area contributed by atoms with Gasteiger partial charge in [0, 0.05) is 18.7 Å². The highest BCUT2D eigenvalue weighted by molar-refractivity contribution is 5.54. The second-order valence-electron chi connectivity index (χ2n) is 6.96. The summed E-state index contributed by atoms with van der Waals surface area (Å²) in [6.07, 6.45) is 3.59. The van der Waals surface area contributed by atoms with Crippen molar-refractivity contribution in [3.63, 3.8) is 0 Å². The number of hydrogen-bond donors (Lipinski definition) is 0. The van der Waals surface area contributed by atoms with E-state index in [1.165, 1.54) is 12.1 Å². The molecule has 0 aliphatic carbocycles. The molecule has 0 amide bonds. The summed E-state index contributed by atoms with van der Waals surface area (Å²) in [5, 5.41) is 12.7. The molecule has 8 heteroatoms. The molecule has 3 aromatic rings. The van der Waals surface area contributed by atoms with E-state index in [0.717, 1.165) is 43.6 Å². The Kier molecular flexibility index (Phi) is 5.27. The molecule has 1 aromatic carbocycles. The smallest absolute Gasteiger partial charge is 0.245 e. The minimum Gasteiger partial charge on any atom is -0.339 e. The Morgan fingerprint density at radius 2 is 2.00 bits per heavy atom. The average Bonchev–Trinajstić information content (AvgIpc) is 3.24. The molecular weight excluding hydrogens is 359 g/mol. The van der Waals surface area contributed by atoms with Crippen molar-refractivity contribution >= 4 is 5.95 Å². The minimum absolute atomic E-state index is 0.0862. The zero-order valence-electron chi connectivity index (χ0n) is 16.1. The quantitative estimate of drug-likeness (QED) is 0.667. The van der Waals surface area contributed by atoms with E-state index in [1.807, 2.05) is 0 Å². The van der Waals surface area contributed by atoms with Gasteiger partial charge in [0.2, 0.25) is 17.7 Å². The molecule has 28 heavy (non-hydrogen) atoms. The van der Waals surface area contributed by atoms with Gasteiger partial charge in [0.05, 0.1) is 17.3 Å². The second-order valence-corrected chi connectivity index (χ2v) is 6.96. The van der Waals surface area contributed by atoms with Crippen LogP contribution in [-0.2, 0) is 12.8 Å². The first-order valence-electron chi connectivity index (χ1n) is 9.74. The first kappa shape index (κ1) is 18.5. The first-order chi connectivity index (χ1) is 13.7. The molecule has 1 fully saturated rings. The Hall–Kier alpha value is -2.90. The Labute approximate surface area is 163 Å². The molecule has 2 aromatic heterocycles. The Bertz CT molecular complexity index is 959. The zero-order valence-corrected chi connectivity index (χ0v) is 16.1. The van der Waals surface area contributed by atoms with Crippen molar-refractivity contribution in [1.29, 1.82) is 0 Å². The summed E-state index contributed by atoms with van der Waals surface area (Å²) in [5.41, 5.74) is 2.56. The van der Waals surface area contributed by atoms with E-state index in [1.54, 1.807) is 12.1 Å². The van der Waals surface area contributed by atoms with Crippen LogP contribution in [0.5, 0.6) is 0 Å². The predicted octanol–water partition coefficient (Wildman–Crippen LogP) is 3.57. The van der Waals surface area contributed by atoms with E-state index in [4.69, 9.17) is 9.51 Å². The lowest BCUT2D eigenvalue weighted by Gasteiger charge is -2.30. The van der Waals surface area contributed by atoms with Crippen molar-refractivity contribution < 1.29 is 8.91 Å². The SMILES string of the molecule is CCc1nnc(N2CCCC(c3nc(-c4cccc(F)c4)no3)C2)nc1CC. The Morgan fingerprint density at radius 1 is 1.14 bits per heavy atom. The summed E-state index contributed by atoms with van der Waals surface area (Å²) < 4.78 is 19.0. The molecule has 0 radical (unpaired) electrons. The van der Waals surface area contributed by atoms with Crippen LogP contribution in [0.25, 0.3) is 11.4 Å². The summed E-state index contributed by atoms with van der Waals surface area (Å²) in [5.74, 6) is 1.40. The molecule has 1 unspecified atom stereocenters. The number of benzene rings is 1. The molecule has 0 bridgehead atoms. The molecule has 1 aliphatic heterocycles. The van der Waals surface area contributed by atoms with Gasteiger partial charge < -0.3 is 9.42 Å². The van der Waals surface area contributed by atoms with Crippen LogP contribution in [0.1, 0.15) is 49.9 Å².